The Morgan fingerprint density at radius 3 is 2.52 bits per heavy atom. The summed E-state index contributed by atoms with van der Waals surface area (Å²) in [6.07, 6.45) is 4.52. The molecule has 0 spiro atoms. The highest BCUT2D eigenvalue weighted by Gasteiger charge is 2.25. The zero-order valence-electron chi connectivity index (χ0n) is 14.5. The number of rotatable bonds is 7. The predicted octanol–water partition coefficient (Wildman–Crippen LogP) is 2.85. The fourth-order valence-corrected chi connectivity index (χ4v) is 3.14. The summed E-state index contributed by atoms with van der Waals surface area (Å²) in [6, 6.07) is 8.42. The standard InChI is InChI=1S/C19H30N2O2/c1-3-23-18-8-6-16(7-9-18)4-5-17-10-12-21(13-11-17)19(22)15(2)14-20/h6-9,15,17H,3-5,10-14,20H2,1-2H3. The Kier molecular flexibility index (Phi) is 6.90. The van der Waals surface area contributed by atoms with E-state index >= 15 is 0 Å². The summed E-state index contributed by atoms with van der Waals surface area (Å²) in [5.74, 6) is 1.84. The average Bonchev–Trinajstić information content (AvgIpc) is 2.60. The van der Waals surface area contributed by atoms with E-state index in [0.29, 0.717) is 13.2 Å². The van der Waals surface area contributed by atoms with Gasteiger partial charge in [-0.1, -0.05) is 19.1 Å². The van der Waals surface area contributed by atoms with Gasteiger partial charge in [0.15, 0.2) is 0 Å². The Morgan fingerprint density at radius 1 is 1.30 bits per heavy atom. The molecule has 128 valence electrons. The number of nitrogens with two attached hydrogens (primary N) is 1. The van der Waals surface area contributed by atoms with E-state index in [1.807, 2.05) is 30.9 Å². The first-order valence-corrected chi connectivity index (χ1v) is 8.84. The maximum absolute atomic E-state index is 12.1. The van der Waals surface area contributed by atoms with Crippen LogP contribution in [0, 0.1) is 11.8 Å². The lowest BCUT2D eigenvalue weighted by Crippen LogP contribution is -2.42. The van der Waals surface area contributed by atoms with Gasteiger partial charge in [-0.25, -0.2) is 0 Å². The van der Waals surface area contributed by atoms with Gasteiger partial charge in [-0.2, -0.15) is 0 Å². The number of likely N-dealkylation sites (tertiary alicyclic amines) is 1. The fraction of sp³-hybridized carbons (Fsp3) is 0.632. The first kappa shape index (κ1) is 17.8. The monoisotopic (exact) mass is 318 g/mol. The van der Waals surface area contributed by atoms with Crippen molar-refractivity contribution in [2.24, 2.45) is 17.6 Å². The third-order valence-corrected chi connectivity index (χ3v) is 4.78. The van der Waals surface area contributed by atoms with Crippen molar-refractivity contribution in [1.29, 1.82) is 0 Å². The van der Waals surface area contributed by atoms with Gasteiger partial charge in [0, 0.05) is 25.6 Å². The summed E-state index contributed by atoms with van der Waals surface area (Å²) in [4.78, 5) is 14.1. The molecule has 1 aliphatic heterocycles. The van der Waals surface area contributed by atoms with Gasteiger partial charge in [-0.05, 0) is 56.2 Å². The highest BCUT2D eigenvalue weighted by atomic mass is 16.5. The minimum atomic E-state index is -0.0459. The molecule has 1 aromatic carbocycles. The van der Waals surface area contributed by atoms with Crippen LogP contribution in [0.5, 0.6) is 5.75 Å². The number of ether oxygens (including phenoxy) is 1. The van der Waals surface area contributed by atoms with Crippen LogP contribution < -0.4 is 10.5 Å². The Morgan fingerprint density at radius 2 is 1.96 bits per heavy atom. The van der Waals surface area contributed by atoms with Crippen LogP contribution in [0.25, 0.3) is 0 Å². The molecule has 1 atom stereocenters. The number of hydrogen-bond acceptors (Lipinski definition) is 3. The molecule has 4 nitrogen and oxygen atoms in total. The Labute approximate surface area is 140 Å². The second kappa shape index (κ2) is 8.92. The number of aryl methyl sites for hydroxylation is 1. The summed E-state index contributed by atoms with van der Waals surface area (Å²) in [6.45, 7) is 6.84. The summed E-state index contributed by atoms with van der Waals surface area (Å²) in [5, 5.41) is 0. The molecule has 23 heavy (non-hydrogen) atoms. The van der Waals surface area contributed by atoms with E-state index in [1.54, 1.807) is 0 Å². The van der Waals surface area contributed by atoms with Crippen LogP contribution >= 0.6 is 0 Å². The Bertz CT molecular complexity index is 479. The van der Waals surface area contributed by atoms with Crippen molar-refractivity contribution in [1.82, 2.24) is 4.90 Å². The van der Waals surface area contributed by atoms with Crippen molar-refractivity contribution in [3.8, 4) is 5.75 Å². The van der Waals surface area contributed by atoms with E-state index in [9.17, 15) is 4.79 Å². The van der Waals surface area contributed by atoms with Gasteiger partial charge in [0.05, 0.1) is 6.61 Å². The van der Waals surface area contributed by atoms with Crippen LogP contribution in [0.1, 0.15) is 38.7 Å². The van der Waals surface area contributed by atoms with Crippen molar-refractivity contribution in [2.45, 2.75) is 39.5 Å². The van der Waals surface area contributed by atoms with Gasteiger partial charge >= 0.3 is 0 Å². The number of piperidine rings is 1. The average molecular weight is 318 g/mol. The lowest BCUT2D eigenvalue weighted by atomic mass is 9.90. The van der Waals surface area contributed by atoms with E-state index in [1.165, 1.54) is 12.0 Å². The summed E-state index contributed by atoms with van der Waals surface area (Å²) in [7, 11) is 0. The van der Waals surface area contributed by atoms with Gasteiger partial charge < -0.3 is 15.4 Å². The molecule has 1 unspecified atom stereocenters. The number of amides is 1. The fourth-order valence-electron chi connectivity index (χ4n) is 3.14. The van der Waals surface area contributed by atoms with Gasteiger partial charge in [-0.3, -0.25) is 4.79 Å². The number of carbonyl (C=O) groups is 1. The van der Waals surface area contributed by atoms with Crippen LogP contribution in [-0.2, 0) is 11.2 Å². The predicted molar refractivity (Wildman–Crippen MR) is 93.5 cm³/mol. The minimum absolute atomic E-state index is 0.0459. The van der Waals surface area contributed by atoms with Gasteiger partial charge in [0.25, 0.3) is 0 Å². The van der Waals surface area contributed by atoms with E-state index in [0.717, 1.165) is 44.0 Å². The summed E-state index contributed by atoms with van der Waals surface area (Å²) >= 11 is 0. The molecule has 1 aromatic rings. The van der Waals surface area contributed by atoms with Crippen LogP contribution in [-0.4, -0.2) is 37.0 Å². The minimum Gasteiger partial charge on any atom is -0.494 e. The number of benzene rings is 1. The molecule has 0 saturated carbocycles. The lowest BCUT2D eigenvalue weighted by molar-refractivity contribution is -0.136. The maximum atomic E-state index is 12.1. The first-order valence-electron chi connectivity index (χ1n) is 8.84. The van der Waals surface area contributed by atoms with Crippen LogP contribution in [0.3, 0.4) is 0 Å². The van der Waals surface area contributed by atoms with Gasteiger partial charge in [0.1, 0.15) is 5.75 Å². The van der Waals surface area contributed by atoms with Crippen molar-refractivity contribution >= 4 is 5.91 Å². The smallest absolute Gasteiger partial charge is 0.226 e. The largest absolute Gasteiger partial charge is 0.494 e. The SMILES string of the molecule is CCOc1ccc(CCC2CCN(C(=O)C(C)CN)CC2)cc1. The third-order valence-electron chi connectivity index (χ3n) is 4.78. The number of nitrogens with zero attached hydrogens (tertiary/aromatic N) is 1. The third kappa shape index (κ3) is 5.24. The molecule has 2 N–H and O–H groups in total. The van der Waals surface area contributed by atoms with E-state index in [2.05, 4.69) is 12.1 Å². The molecule has 1 fully saturated rings. The van der Waals surface area contributed by atoms with Crippen molar-refractivity contribution in [3.63, 3.8) is 0 Å². The molecule has 2 rings (SSSR count). The Balaban J connectivity index is 1.73. The van der Waals surface area contributed by atoms with Gasteiger partial charge in [0.2, 0.25) is 5.91 Å². The molecule has 1 aliphatic rings. The van der Waals surface area contributed by atoms with Crippen molar-refractivity contribution < 1.29 is 9.53 Å². The van der Waals surface area contributed by atoms with Crippen molar-refractivity contribution in [3.05, 3.63) is 29.8 Å². The van der Waals surface area contributed by atoms with Gasteiger partial charge in [-0.15, -0.1) is 0 Å². The molecular formula is C19H30N2O2. The van der Waals surface area contributed by atoms with E-state index in [4.69, 9.17) is 10.5 Å². The molecule has 1 saturated heterocycles. The van der Waals surface area contributed by atoms with E-state index < -0.39 is 0 Å². The molecule has 0 bridgehead atoms. The highest BCUT2D eigenvalue weighted by Crippen LogP contribution is 2.24. The second-order valence-corrected chi connectivity index (χ2v) is 6.52. The second-order valence-electron chi connectivity index (χ2n) is 6.52. The number of carbonyl (C=O) groups excluding carboxylic acids is 1. The normalized spacial score (nSPS) is 17.1. The summed E-state index contributed by atoms with van der Waals surface area (Å²) in [5.41, 5.74) is 6.96. The first-order chi connectivity index (χ1) is 11.1. The molecule has 0 aromatic heterocycles. The molecule has 1 amide bonds. The highest BCUT2D eigenvalue weighted by molar-refractivity contribution is 5.78. The topological polar surface area (TPSA) is 55.6 Å². The summed E-state index contributed by atoms with van der Waals surface area (Å²) < 4.78 is 5.47. The number of hydrogen-bond donors (Lipinski definition) is 1. The zero-order chi connectivity index (χ0) is 16.7. The van der Waals surface area contributed by atoms with Crippen LogP contribution in [0.2, 0.25) is 0 Å². The molecule has 0 radical (unpaired) electrons. The Hall–Kier alpha value is -1.55. The molecule has 4 heteroatoms. The zero-order valence-corrected chi connectivity index (χ0v) is 14.5. The molecule has 0 aliphatic carbocycles. The molecule has 1 heterocycles. The quantitative estimate of drug-likeness (QED) is 0.841. The maximum Gasteiger partial charge on any atom is 0.226 e. The molecular weight excluding hydrogens is 288 g/mol. The lowest BCUT2D eigenvalue weighted by Gasteiger charge is -2.33. The van der Waals surface area contributed by atoms with Crippen molar-refractivity contribution in [2.75, 3.05) is 26.2 Å². The van der Waals surface area contributed by atoms with Crippen LogP contribution in [0.4, 0.5) is 0 Å². The van der Waals surface area contributed by atoms with E-state index in [-0.39, 0.29) is 11.8 Å². The van der Waals surface area contributed by atoms with Crippen LogP contribution in [0.15, 0.2) is 24.3 Å².